The Morgan fingerprint density at radius 1 is 0.737 bits per heavy atom. The third kappa shape index (κ3) is 20.3. The third-order valence-corrected chi connectivity index (χ3v) is 1.29. The first kappa shape index (κ1) is 42.9. The van der Waals surface area contributed by atoms with Gasteiger partial charge in [-0.15, -0.1) is 0 Å². The van der Waals surface area contributed by atoms with Crippen LogP contribution < -0.4 is 0 Å². The van der Waals surface area contributed by atoms with Gasteiger partial charge in [0, 0.05) is 0 Å². The van der Waals surface area contributed by atoms with Crippen LogP contribution in [0.25, 0.3) is 0 Å². The van der Waals surface area contributed by atoms with E-state index in [0.717, 1.165) is 0 Å². The molecule has 0 amide bonds. The summed E-state index contributed by atoms with van der Waals surface area (Å²) < 4.78 is 0. The van der Waals surface area contributed by atoms with Crippen molar-refractivity contribution in [2.75, 3.05) is 0 Å². The zero-order valence-electron chi connectivity index (χ0n) is 7.43. The number of carboxylic acid groups (broad SMARTS) is 3. The molecule has 0 saturated carbocycles. The number of carbonyl (C=O) groups is 3. The molecule has 0 saturated heterocycles. The molecule has 0 aliphatic rings. The fraction of sp³-hybridized carbons (Fsp3) is 0.500. The summed E-state index contributed by atoms with van der Waals surface area (Å²) in [5.74, 6) is -5.02. The summed E-state index contributed by atoms with van der Waals surface area (Å²) in [6.45, 7) is 0. The van der Waals surface area contributed by atoms with E-state index in [9.17, 15) is 14.4 Å². The number of carboxylic acids is 3. The molecule has 0 aromatic rings. The standard InChI is InChI=1S/C6H8O7.4Na.2H2O.4H/c7-3(8)1-6(13,5(11)12)2-4(9)10;;;;;;;;;;/h13H,1-2H2,(H,7,8)(H,9,10)(H,11,12);;;;;2*1H2;;;;. The minimum absolute atomic E-state index is 0. The molecule has 19 heavy (non-hydrogen) atoms. The van der Waals surface area contributed by atoms with Gasteiger partial charge in [0.15, 0.2) is 5.60 Å². The van der Waals surface area contributed by atoms with E-state index in [0.29, 0.717) is 0 Å². The van der Waals surface area contributed by atoms with Crippen LogP contribution in [-0.4, -0.2) is 173 Å². The summed E-state index contributed by atoms with van der Waals surface area (Å²) in [6.07, 6.45) is -2.29. The minimum atomic E-state index is -2.74. The van der Waals surface area contributed by atoms with Crippen LogP contribution in [0.15, 0.2) is 0 Å². The van der Waals surface area contributed by atoms with Crippen LogP contribution in [-0.2, 0) is 14.4 Å². The fourth-order valence-corrected chi connectivity index (χ4v) is 0.714. The van der Waals surface area contributed by atoms with Crippen LogP contribution in [0.1, 0.15) is 12.8 Å². The van der Waals surface area contributed by atoms with Crippen molar-refractivity contribution < 1.29 is 45.8 Å². The van der Waals surface area contributed by atoms with E-state index in [1.54, 1.807) is 0 Å². The molecule has 0 bridgehead atoms. The van der Waals surface area contributed by atoms with Crippen molar-refractivity contribution in [1.29, 1.82) is 0 Å². The Labute approximate surface area is 197 Å². The molecule has 0 atom stereocenters. The van der Waals surface area contributed by atoms with Gasteiger partial charge in [0.05, 0.1) is 12.8 Å². The molecule has 0 aliphatic carbocycles. The maximum absolute atomic E-state index is 10.3. The second kappa shape index (κ2) is 20.3. The molecule has 0 unspecified atom stereocenters. The number of aliphatic carboxylic acids is 3. The second-order valence-electron chi connectivity index (χ2n) is 2.48. The van der Waals surface area contributed by atoms with Crippen LogP contribution in [0.2, 0.25) is 0 Å². The Kier molecular flexibility index (Phi) is 45.8. The Balaban J connectivity index is -0.0000000480. The summed E-state index contributed by atoms with van der Waals surface area (Å²) in [5, 5.41) is 33.8. The van der Waals surface area contributed by atoms with Crippen LogP contribution in [0.4, 0.5) is 0 Å². The van der Waals surface area contributed by atoms with Gasteiger partial charge in [0.1, 0.15) is 0 Å². The number of hydrogen-bond donors (Lipinski definition) is 4. The van der Waals surface area contributed by atoms with Gasteiger partial charge in [0.2, 0.25) is 0 Å². The van der Waals surface area contributed by atoms with Gasteiger partial charge in [-0.05, 0) is 0 Å². The van der Waals surface area contributed by atoms with Crippen molar-refractivity contribution in [2.45, 2.75) is 18.4 Å². The average molecular weight is 324 g/mol. The fourth-order valence-electron chi connectivity index (χ4n) is 0.714. The summed E-state index contributed by atoms with van der Waals surface area (Å²) in [7, 11) is 0. The Bertz CT molecular complexity index is 243. The first-order valence-corrected chi connectivity index (χ1v) is 3.17. The van der Waals surface area contributed by atoms with E-state index < -0.39 is 36.4 Å². The quantitative estimate of drug-likeness (QED) is 0.362. The van der Waals surface area contributed by atoms with Gasteiger partial charge in [-0.2, -0.15) is 0 Å². The summed E-state index contributed by atoms with van der Waals surface area (Å²) in [4.78, 5) is 30.5. The van der Waals surface area contributed by atoms with Crippen LogP contribution >= 0.6 is 0 Å². The molecule has 0 rings (SSSR count). The third-order valence-electron chi connectivity index (χ3n) is 1.29. The molecule has 8 N–H and O–H groups in total. The molecule has 0 aromatic carbocycles. The second-order valence-corrected chi connectivity index (χ2v) is 2.48. The molecular weight excluding hydrogens is 308 g/mol. The molecule has 9 nitrogen and oxygen atoms in total. The molecule has 0 aromatic heterocycles. The molecule has 0 spiro atoms. The first-order valence-electron chi connectivity index (χ1n) is 3.17. The zero-order valence-corrected chi connectivity index (χ0v) is 7.43. The van der Waals surface area contributed by atoms with E-state index >= 15 is 0 Å². The number of rotatable bonds is 5. The van der Waals surface area contributed by atoms with E-state index in [2.05, 4.69) is 0 Å². The molecular formula is C6H16Na4O9. The first-order chi connectivity index (χ1) is 5.78. The van der Waals surface area contributed by atoms with E-state index in [1.165, 1.54) is 0 Å². The van der Waals surface area contributed by atoms with Crippen molar-refractivity contribution in [3.63, 3.8) is 0 Å². The Hall–Kier alpha value is 2.29. The summed E-state index contributed by atoms with van der Waals surface area (Å²) in [6, 6.07) is 0. The van der Waals surface area contributed by atoms with Gasteiger partial charge >= 0.3 is 136 Å². The van der Waals surface area contributed by atoms with Crippen molar-refractivity contribution >= 4 is 136 Å². The zero-order chi connectivity index (χ0) is 10.6. The molecule has 0 radical (unpaired) electrons. The maximum atomic E-state index is 10.3. The molecule has 0 aliphatic heterocycles. The van der Waals surface area contributed by atoms with Gasteiger partial charge in [-0.25, -0.2) is 4.79 Å². The van der Waals surface area contributed by atoms with Gasteiger partial charge in [0.25, 0.3) is 0 Å². The molecule has 0 fully saturated rings. The van der Waals surface area contributed by atoms with E-state index in [-0.39, 0.29) is 129 Å². The van der Waals surface area contributed by atoms with Gasteiger partial charge in [-0.1, -0.05) is 0 Å². The summed E-state index contributed by atoms with van der Waals surface area (Å²) >= 11 is 0. The van der Waals surface area contributed by atoms with Crippen LogP contribution in [0, 0.1) is 0 Å². The molecule has 0 heterocycles. The SMILES string of the molecule is O.O.O=C(O)CC(O)(CC(=O)O)C(=O)O.[NaH].[NaH].[NaH].[NaH]. The molecule has 13 heteroatoms. The van der Waals surface area contributed by atoms with Crippen LogP contribution in [0.3, 0.4) is 0 Å². The van der Waals surface area contributed by atoms with Crippen molar-refractivity contribution in [2.24, 2.45) is 0 Å². The predicted molar refractivity (Wildman–Crippen MR) is 72.9 cm³/mol. The van der Waals surface area contributed by atoms with Gasteiger partial charge in [-0.3, -0.25) is 9.59 Å². The molecule has 98 valence electrons. The van der Waals surface area contributed by atoms with Crippen molar-refractivity contribution in [3.8, 4) is 0 Å². The Morgan fingerprint density at radius 3 is 1.05 bits per heavy atom. The van der Waals surface area contributed by atoms with Crippen molar-refractivity contribution in [3.05, 3.63) is 0 Å². The normalized spacial score (nSPS) is 7.42. The van der Waals surface area contributed by atoms with Crippen molar-refractivity contribution in [1.82, 2.24) is 0 Å². The summed E-state index contributed by atoms with van der Waals surface area (Å²) in [5.41, 5.74) is -2.74. The number of aliphatic hydroxyl groups is 1. The topological polar surface area (TPSA) is 195 Å². The average Bonchev–Trinajstić information content (AvgIpc) is 1.82. The monoisotopic (exact) mass is 324 g/mol. The predicted octanol–water partition coefficient (Wildman–Crippen LogP) is -5.49. The van der Waals surface area contributed by atoms with Crippen LogP contribution in [0.5, 0.6) is 0 Å². The Morgan fingerprint density at radius 2 is 0.947 bits per heavy atom. The van der Waals surface area contributed by atoms with E-state index in [1.807, 2.05) is 0 Å². The number of hydrogen-bond acceptors (Lipinski definition) is 4. The van der Waals surface area contributed by atoms with Gasteiger partial charge < -0.3 is 31.4 Å². The van der Waals surface area contributed by atoms with E-state index in [4.69, 9.17) is 20.4 Å².